The smallest absolute Gasteiger partial charge is 0.158 e. The number of nitrogens with zero attached hydrogens (tertiary/aromatic N) is 3. The number of nitriles is 1. The Labute approximate surface area is 205 Å². The van der Waals surface area contributed by atoms with Gasteiger partial charge in [0.15, 0.2) is 5.78 Å². The van der Waals surface area contributed by atoms with Crippen molar-refractivity contribution in [1.29, 1.82) is 5.26 Å². The zero-order valence-electron chi connectivity index (χ0n) is 21.8. The largest absolute Gasteiger partial charge is 0.390 e. The third kappa shape index (κ3) is 3.67. The van der Waals surface area contributed by atoms with E-state index in [1.807, 2.05) is 6.92 Å². The van der Waals surface area contributed by atoms with Crippen molar-refractivity contribution < 1.29 is 9.90 Å². The predicted octanol–water partition coefficient (Wildman–Crippen LogP) is 5.62. The fraction of sp³-hybridized carbons (Fsp3) is 0.828. The minimum Gasteiger partial charge on any atom is -0.390 e. The summed E-state index contributed by atoms with van der Waals surface area (Å²) in [6.45, 7) is 11.9. The maximum atomic E-state index is 13.8. The van der Waals surface area contributed by atoms with E-state index in [1.165, 1.54) is 25.7 Å². The van der Waals surface area contributed by atoms with Gasteiger partial charge in [-0.2, -0.15) is 10.4 Å². The summed E-state index contributed by atoms with van der Waals surface area (Å²) in [4.78, 5) is 13.8. The summed E-state index contributed by atoms with van der Waals surface area (Å²) in [6, 6.07) is 2.12. The lowest BCUT2D eigenvalue weighted by Crippen LogP contribution is -2.55. The summed E-state index contributed by atoms with van der Waals surface area (Å²) >= 11 is 0. The van der Waals surface area contributed by atoms with E-state index in [0.717, 1.165) is 31.6 Å². The minimum atomic E-state index is -0.494. The highest BCUT2D eigenvalue weighted by atomic mass is 16.3. The zero-order chi connectivity index (χ0) is 24.5. The fourth-order valence-corrected chi connectivity index (χ4v) is 9.56. The summed E-state index contributed by atoms with van der Waals surface area (Å²) in [5, 5.41) is 24.2. The van der Waals surface area contributed by atoms with Crippen LogP contribution < -0.4 is 0 Å². The molecule has 4 aliphatic rings. The van der Waals surface area contributed by atoms with Crippen molar-refractivity contribution in [2.24, 2.45) is 52.3 Å². The molecule has 34 heavy (non-hydrogen) atoms. The molecule has 4 aliphatic carbocycles. The molecule has 1 aromatic rings. The van der Waals surface area contributed by atoms with Crippen LogP contribution in [0, 0.1) is 63.6 Å². The van der Waals surface area contributed by atoms with Crippen LogP contribution in [0.25, 0.3) is 0 Å². The van der Waals surface area contributed by atoms with Gasteiger partial charge in [0.05, 0.1) is 23.9 Å². The van der Waals surface area contributed by atoms with Gasteiger partial charge in [0, 0.05) is 12.1 Å². The number of ketones is 1. The molecule has 5 heteroatoms. The highest BCUT2D eigenvalue weighted by Crippen LogP contribution is 2.69. The van der Waals surface area contributed by atoms with Gasteiger partial charge < -0.3 is 5.11 Å². The average Bonchev–Trinajstić information content (AvgIpc) is 3.35. The van der Waals surface area contributed by atoms with E-state index in [-0.39, 0.29) is 17.9 Å². The number of fused-ring (bicyclic) bond motifs is 5. The van der Waals surface area contributed by atoms with Gasteiger partial charge in [0.2, 0.25) is 0 Å². The molecule has 5 nitrogen and oxygen atoms in total. The van der Waals surface area contributed by atoms with Gasteiger partial charge in [-0.15, -0.1) is 0 Å². The molecule has 1 N–H and O–H groups in total. The molecule has 0 saturated heterocycles. The quantitative estimate of drug-likeness (QED) is 0.626. The normalized spacial score (nSPS) is 45.8. The van der Waals surface area contributed by atoms with E-state index in [4.69, 9.17) is 5.26 Å². The van der Waals surface area contributed by atoms with E-state index >= 15 is 0 Å². The highest BCUT2D eigenvalue weighted by molar-refractivity contribution is 5.82. The summed E-state index contributed by atoms with van der Waals surface area (Å²) < 4.78 is 1.67. The summed E-state index contributed by atoms with van der Waals surface area (Å²) in [7, 11) is 0. The Hall–Kier alpha value is -1.67. The molecule has 4 fully saturated rings. The Morgan fingerprint density at radius 1 is 1.18 bits per heavy atom. The molecule has 0 radical (unpaired) electrons. The molecular formula is C29H43N3O2. The first kappa shape index (κ1) is 24.0. The van der Waals surface area contributed by atoms with Gasteiger partial charge in [-0.1, -0.05) is 27.7 Å². The highest BCUT2D eigenvalue weighted by Gasteiger charge is 2.64. The van der Waals surface area contributed by atoms with E-state index < -0.39 is 5.60 Å². The van der Waals surface area contributed by atoms with Crippen LogP contribution in [0.15, 0.2) is 12.4 Å². The number of Topliss-reactive ketones (excluding diaryl/α,β-unsaturated/α-hetero) is 1. The van der Waals surface area contributed by atoms with E-state index in [1.54, 1.807) is 17.1 Å². The predicted molar refractivity (Wildman–Crippen MR) is 132 cm³/mol. The van der Waals surface area contributed by atoms with E-state index in [9.17, 15) is 9.90 Å². The third-order valence-corrected chi connectivity index (χ3v) is 11.3. The Balaban J connectivity index is 1.42. The maximum absolute atomic E-state index is 13.8. The molecule has 1 aromatic heterocycles. The van der Waals surface area contributed by atoms with Crippen molar-refractivity contribution in [2.75, 3.05) is 0 Å². The van der Waals surface area contributed by atoms with Crippen LogP contribution in [0.3, 0.4) is 0 Å². The first-order valence-corrected chi connectivity index (χ1v) is 13.7. The van der Waals surface area contributed by atoms with Crippen LogP contribution >= 0.6 is 0 Å². The lowest BCUT2D eigenvalue weighted by Gasteiger charge is -2.61. The molecule has 1 heterocycles. The summed E-state index contributed by atoms with van der Waals surface area (Å²) in [6.07, 6.45) is 12.3. The first-order chi connectivity index (χ1) is 16.0. The van der Waals surface area contributed by atoms with Crippen LogP contribution in [0.2, 0.25) is 0 Å². The zero-order valence-corrected chi connectivity index (χ0v) is 21.8. The SMILES string of the molecule is CC(C)[C@@H]1C[C@H]2[C@@H]3CC[C@H]4C[C@](C)(O)CC[C@]4(C)[C@H]3CC[C@]2(C)[C@H]1C(=O)Cn1cc(C#N)cn1. The topological polar surface area (TPSA) is 78.9 Å². The Morgan fingerprint density at radius 3 is 2.62 bits per heavy atom. The van der Waals surface area contributed by atoms with Crippen molar-refractivity contribution in [3.8, 4) is 6.07 Å². The molecule has 0 spiro atoms. The monoisotopic (exact) mass is 465 g/mol. The lowest BCUT2D eigenvalue weighted by molar-refractivity contribution is -0.151. The first-order valence-electron chi connectivity index (χ1n) is 13.7. The summed E-state index contributed by atoms with van der Waals surface area (Å²) in [5.41, 5.74) is 0.415. The standard InChI is InChI=1S/C29H43N3O2/c1-18(2)22-12-24-21-7-6-20-13-27(3,34)10-11-28(20,4)23(21)8-9-29(24,5)26(22)25(33)17-32-16-19(14-30)15-31-32/h15-16,18,20-24,26,34H,6-13,17H2,1-5H3/t20-,21+,22-,23-,24-,26+,27+,28-,29-/m0/s1. The number of hydrogen-bond acceptors (Lipinski definition) is 4. The molecule has 0 aromatic carbocycles. The third-order valence-electron chi connectivity index (χ3n) is 11.3. The van der Waals surface area contributed by atoms with Gasteiger partial charge in [-0.05, 0) is 105 Å². The molecule has 5 rings (SSSR count). The van der Waals surface area contributed by atoms with Crippen molar-refractivity contribution in [2.45, 2.75) is 98.1 Å². The molecule has 0 aliphatic heterocycles. The van der Waals surface area contributed by atoms with Gasteiger partial charge >= 0.3 is 0 Å². The second-order valence-electron chi connectivity index (χ2n) is 13.5. The lowest BCUT2D eigenvalue weighted by atomic mass is 9.44. The molecule has 0 amide bonds. The number of carbonyl (C=O) groups excluding carboxylic acids is 1. The fourth-order valence-electron chi connectivity index (χ4n) is 9.56. The van der Waals surface area contributed by atoms with Gasteiger partial charge in [-0.25, -0.2) is 0 Å². The second kappa shape index (κ2) is 8.19. The van der Waals surface area contributed by atoms with Crippen molar-refractivity contribution >= 4 is 5.78 Å². The molecule has 186 valence electrons. The second-order valence-corrected chi connectivity index (χ2v) is 13.5. The number of carbonyl (C=O) groups is 1. The molecule has 0 unspecified atom stereocenters. The van der Waals surface area contributed by atoms with Crippen molar-refractivity contribution in [1.82, 2.24) is 9.78 Å². The number of aromatic nitrogens is 2. The molecular weight excluding hydrogens is 422 g/mol. The Morgan fingerprint density at radius 2 is 1.94 bits per heavy atom. The van der Waals surface area contributed by atoms with Crippen LogP contribution in [-0.2, 0) is 11.3 Å². The molecule has 4 saturated carbocycles. The Kier molecular flexibility index (Phi) is 5.79. The number of hydrogen-bond donors (Lipinski definition) is 1. The van der Waals surface area contributed by atoms with Crippen LogP contribution in [0.4, 0.5) is 0 Å². The van der Waals surface area contributed by atoms with Crippen molar-refractivity contribution in [3.63, 3.8) is 0 Å². The van der Waals surface area contributed by atoms with Crippen molar-refractivity contribution in [3.05, 3.63) is 18.0 Å². The van der Waals surface area contributed by atoms with E-state index in [2.05, 4.69) is 38.9 Å². The Bertz CT molecular complexity index is 990. The average molecular weight is 466 g/mol. The van der Waals surface area contributed by atoms with Gasteiger partial charge in [-0.3, -0.25) is 9.48 Å². The van der Waals surface area contributed by atoms with E-state index in [0.29, 0.717) is 46.4 Å². The van der Waals surface area contributed by atoms with Gasteiger partial charge in [0.25, 0.3) is 0 Å². The molecule has 0 bridgehead atoms. The number of aliphatic hydroxyl groups is 1. The molecule has 9 atom stereocenters. The number of rotatable bonds is 4. The van der Waals surface area contributed by atoms with Gasteiger partial charge in [0.1, 0.15) is 6.07 Å². The maximum Gasteiger partial charge on any atom is 0.158 e. The minimum absolute atomic E-state index is 0.0573. The van der Waals surface area contributed by atoms with Crippen LogP contribution in [0.5, 0.6) is 0 Å². The van der Waals surface area contributed by atoms with Crippen LogP contribution in [-0.4, -0.2) is 26.3 Å². The summed E-state index contributed by atoms with van der Waals surface area (Å²) in [5.74, 6) is 3.97. The van der Waals surface area contributed by atoms with Crippen LogP contribution in [0.1, 0.15) is 91.5 Å².